The zero-order valence-corrected chi connectivity index (χ0v) is 12.9. The van der Waals surface area contributed by atoms with Gasteiger partial charge in [-0.2, -0.15) is 0 Å². The number of aromatic amines is 1. The van der Waals surface area contributed by atoms with Gasteiger partial charge >= 0.3 is 11.9 Å². The molecule has 0 saturated carbocycles. The van der Waals surface area contributed by atoms with Crippen molar-refractivity contribution in [1.29, 1.82) is 0 Å². The fraction of sp³-hybridized carbons (Fsp3) is 0.176. The van der Waals surface area contributed by atoms with E-state index < -0.39 is 11.9 Å². The molecule has 7 heteroatoms. The molecule has 0 spiro atoms. The molecule has 2 aromatic heterocycles. The van der Waals surface area contributed by atoms with E-state index in [9.17, 15) is 0 Å². The lowest BCUT2D eigenvalue weighted by Gasteiger charge is -2.02. The molecule has 0 amide bonds. The number of aliphatic carboxylic acids is 2. The fourth-order valence-corrected chi connectivity index (χ4v) is 2.19. The van der Waals surface area contributed by atoms with Crippen LogP contribution in [-0.4, -0.2) is 33.7 Å². The molecule has 0 aliphatic rings. The van der Waals surface area contributed by atoms with Crippen molar-refractivity contribution in [1.82, 2.24) is 10.3 Å². The zero-order valence-electron chi connectivity index (χ0n) is 12.9. The topological polar surface area (TPSA) is 116 Å². The predicted octanol–water partition coefficient (Wildman–Crippen LogP) is 2.25. The van der Waals surface area contributed by atoms with Crippen LogP contribution >= 0.6 is 0 Å². The van der Waals surface area contributed by atoms with Crippen LogP contribution in [0, 0.1) is 0 Å². The summed E-state index contributed by atoms with van der Waals surface area (Å²) in [6.07, 6.45) is 4.82. The fourth-order valence-electron chi connectivity index (χ4n) is 2.19. The van der Waals surface area contributed by atoms with Gasteiger partial charge in [0.2, 0.25) is 0 Å². The van der Waals surface area contributed by atoms with Crippen LogP contribution in [0.1, 0.15) is 11.3 Å². The van der Waals surface area contributed by atoms with Crippen molar-refractivity contribution >= 4 is 22.8 Å². The molecule has 0 aliphatic carbocycles. The number of H-pyrrole nitrogens is 1. The SMILES string of the molecule is O=C(O)C(=O)O.c1coc(CNCCc2c[nH]c3ccccc23)c1. The molecule has 0 aliphatic heterocycles. The number of hydrogen-bond donors (Lipinski definition) is 4. The normalized spacial score (nSPS) is 10.2. The Hall–Kier alpha value is -3.06. The van der Waals surface area contributed by atoms with Crippen LogP contribution in [-0.2, 0) is 22.6 Å². The molecule has 0 fully saturated rings. The summed E-state index contributed by atoms with van der Waals surface area (Å²) in [5.74, 6) is -2.67. The van der Waals surface area contributed by atoms with Gasteiger partial charge in [0.1, 0.15) is 5.76 Å². The first-order chi connectivity index (χ1) is 11.6. The van der Waals surface area contributed by atoms with E-state index in [1.165, 1.54) is 16.5 Å². The Balaban J connectivity index is 0.000000301. The molecule has 4 N–H and O–H groups in total. The van der Waals surface area contributed by atoms with Crippen molar-refractivity contribution in [2.24, 2.45) is 0 Å². The number of nitrogens with one attached hydrogen (secondary N) is 2. The van der Waals surface area contributed by atoms with E-state index in [0.29, 0.717) is 0 Å². The number of carboxylic acid groups (broad SMARTS) is 2. The molecule has 3 aromatic rings. The first-order valence-corrected chi connectivity index (χ1v) is 7.32. The molecule has 0 radical (unpaired) electrons. The Morgan fingerprint density at radius 3 is 2.50 bits per heavy atom. The molecule has 0 bridgehead atoms. The second kappa shape index (κ2) is 8.54. The van der Waals surface area contributed by atoms with Crippen molar-refractivity contribution in [3.05, 3.63) is 60.2 Å². The van der Waals surface area contributed by atoms with Crippen molar-refractivity contribution in [2.45, 2.75) is 13.0 Å². The predicted molar refractivity (Wildman–Crippen MR) is 87.7 cm³/mol. The lowest BCUT2D eigenvalue weighted by Crippen LogP contribution is -2.16. The minimum atomic E-state index is -1.82. The molecular formula is C17H18N2O5. The first kappa shape index (κ1) is 17.3. The van der Waals surface area contributed by atoms with E-state index in [0.717, 1.165) is 25.3 Å². The Morgan fingerprint density at radius 1 is 1.08 bits per heavy atom. The van der Waals surface area contributed by atoms with Crippen LogP contribution in [0.2, 0.25) is 0 Å². The standard InChI is InChI=1S/C15H16N2O.C2H2O4/c1-2-6-15-14(5-1)12(10-17-15)7-8-16-11-13-4-3-9-18-13;3-1(4)2(5)6/h1-6,9-10,16-17H,7-8,11H2;(H,3,4)(H,5,6). The van der Waals surface area contributed by atoms with Crippen LogP contribution in [0.4, 0.5) is 0 Å². The average Bonchev–Trinajstić information content (AvgIpc) is 3.22. The molecular weight excluding hydrogens is 312 g/mol. The highest BCUT2D eigenvalue weighted by atomic mass is 16.4. The number of rotatable bonds is 5. The highest BCUT2D eigenvalue weighted by molar-refractivity contribution is 6.27. The van der Waals surface area contributed by atoms with Crippen molar-refractivity contribution in [3.63, 3.8) is 0 Å². The average molecular weight is 330 g/mol. The van der Waals surface area contributed by atoms with Crippen LogP contribution in [0.15, 0.2) is 53.3 Å². The van der Waals surface area contributed by atoms with E-state index in [1.54, 1.807) is 6.26 Å². The van der Waals surface area contributed by atoms with Crippen LogP contribution in [0.3, 0.4) is 0 Å². The minimum Gasteiger partial charge on any atom is -0.473 e. The van der Waals surface area contributed by atoms with Crippen LogP contribution in [0.25, 0.3) is 10.9 Å². The number of aromatic nitrogens is 1. The Bertz CT molecular complexity index is 780. The van der Waals surface area contributed by atoms with Gasteiger partial charge in [-0.3, -0.25) is 0 Å². The van der Waals surface area contributed by atoms with Gasteiger partial charge in [-0.05, 0) is 36.7 Å². The summed E-state index contributed by atoms with van der Waals surface area (Å²) < 4.78 is 5.27. The van der Waals surface area contributed by atoms with Crippen LogP contribution in [0.5, 0.6) is 0 Å². The molecule has 24 heavy (non-hydrogen) atoms. The van der Waals surface area contributed by atoms with Gasteiger partial charge in [-0.25, -0.2) is 9.59 Å². The third-order valence-electron chi connectivity index (χ3n) is 3.31. The smallest absolute Gasteiger partial charge is 0.414 e. The van der Waals surface area contributed by atoms with Crippen molar-refractivity contribution in [2.75, 3.05) is 6.54 Å². The number of fused-ring (bicyclic) bond motifs is 1. The lowest BCUT2D eigenvalue weighted by molar-refractivity contribution is -0.159. The molecule has 0 unspecified atom stereocenters. The molecule has 3 rings (SSSR count). The van der Waals surface area contributed by atoms with Crippen LogP contribution < -0.4 is 5.32 Å². The quantitative estimate of drug-likeness (QED) is 0.421. The highest BCUT2D eigenvalue weighted by Gasteiger charge is 2.04. The van der Waals surface area contributed by atoms with Crippen molar-refractivity contribution in [3.8, 4) is 0 Å². The number of carboxylic acids is 2. The largest absolute Gasteiger partial charge is 0.473 e. The number of furan rings is 1. The number of benzene rings is 1. The summed E-state index contributed by atoms with van der Waals surface area (Å²) in [4.78, 5) is 21.5. The molecule has 1 aromatic carbocycles. The summed E-state index contributed by atoms with van der Waals surface area (Å²) in [5, 5.41) is 19.5. The van der Waals surface area contributed by atoms with E-state index in [1.807, 2.05) is 12.1 Å². The second-order valence-corrected chi connectivity index (χ2v) is 4.98. The van der Waals surface area contributed by atoms with E-state index in [4.69, 9.17) is 24.2 Å². The number of carbonyl (C=O) groups is 2. The summed E-state index contributed by atoms with van der Waals surface area (Å²) >= 11 is 0. The molecule has 126 valence electrons. The lowest BCUT2D eigenvalue weighted by atomic mass is 10.1. The summed E-state index contributed by atoms with van der Waals surface area (Å²) in [6.45, 7) is 1.73. The number of hydrogen-bond acceptors (Lipinski definition) is 4. The van der Waals surface area contributed by atoms with Gasteiger partial charge in [0.15, 0.2) is 0 Å². The second-order valence-electron chi connectivity index (χ2n) is 4.98. The van der Waals surface area contributed by atoms with E-state index >= 15 is 0 Å². The third-order valence-corrected chi connectivity index (χ3v) is 3.31. The Morgan fingerprint density at radius 2 is 1.83 bits per heavy atom. The van der Waals surface area contributed by atoms with Gasteiger partial charge in [0.05, 0.1) is 12.8 Å². The Labute approximate surface area is 137 Å². The maximum Gasteiger partial charge on any atom is 0.414 e. The van der Waals surface area contributed by atoms with Gasteiger partial charge in [0, 0.05) is 17.1 Å². The van der Waals surface area contributed by atoms with Crippen molar-refractivity contribution < 1.29 is 24.2 Å². The summed E-state index contributed by atoms with van der Waals surface area (Å²) in [6, 6.07) is 12.3. The monoisotopic (exact) mass is 330 g/mol. The molecule has 0 atom stereocenters. The number of para-hydroxylation sites is 1. The summed E-state index contributed by atoms with van der Waals surface area (Å²) in [7, 11) is 0. The Kier molecular flexibility index (Phi) is 6.16. The van der Waals surface area contributed by atoms with Gasteiger partial charge in [-0.1, -0.05) is 18.2 Å². The maximum atomic E-state index is 9.10. The van der Waals surface area contributed by atoms with E-state index in [2.05, 4.69) is 40.8 Å². The zero-order chi connectivity index (χ0) is 17.4. The molecule has 0 saturated heterocycles. The van der Waals surface area contributed by atoms with Gasteiger partial charge in [0.25, 0.3) is 0 Å². The maximum absolute atomic E-state index is 9.10. The summed E-state index contributed by atoms with van der Waals surface area (Å²) in [5.41, 5.74) is 2.57. The third kappa shape index (κ3) is 4.99. The minimum absolute atomic E-state index is 0.787. The highest BCUT2D eigenvalue weighted by Crippen LogP contribution is 2.17. The van der Waals surface area contributed by atoms with E-state index in [-0.39, 0.29) is 0 Å². The molecule has 2 heterocycles. The van der Waals surface area contributed by atoms with Gasteiger partial charge in [-0.15, -0.1) is 0 Å². The molecule has 7 nitrogen and oxygen atoms in total. The first-order valence-electron chi connectivity index (χ1n) is 7.32. The van der Waals surface area contributed by atoms with Gasteiger partial charge < -0.3 is 24.9 Å².